The molecule has 1 aromatic carbocycles. The first-order chi connectivity index (χ1) is 8.65. The van der Waals surface area contributed by atoms with E-state index in [1.807, 2.05) is 6.92 Å². The molecule has 0 fully saturated rings. The number of hydrogen-bond donors (Lipinski definition) is 1. The van der Waals surface area contributed by atoms with Crippen LogP contribution in [0.3, 0.4) is 0 Å². The van der Waals surface area contributed by atoms with Crippen molar-refractivity contribution in [1.82, 2.24) is 9.36 Å². The highest BCUT2D eigenvalue weighted by molar-refractivity contribution is 7.09. The molecule has 0 aliphatic heterocycles. The Morgan fingerprint density at radius 1 is 1.39 bits per heavy atom. The lowest BCUT2D eigenvalue weighted by Gasteiger charge is -2.02. The molecule has 0 amide bonds. The average Bonchev–Trinajstić information content (AvgIpc) is 2.76. The smallest absolute Gasteiger partial charge is 0.269 e. The number of benzene rings is 1. The van der Waals surface area contributed by atoms with E-state index < -0.39 is 4.92 Å². The van der Waals surface area contributed by atoms with E-state index in [1.54, 1.807) is 12.1 Å². The Bertz CT molecular complexity index is 538. The molecule has 7 heteroatoms. The van der Waals surface area contributed by atoms with E-state index in [-0.39, 0.29) is 5.69 Å². The molecule has 0 saturated carbocycles. The number of nitrogens with one attached hydrogen (secondary N) is 1. The van der Waals surface area contributed by atoms with Crippen molar-refractivity contribution >= 4 is 22.4 Å². The first-order valence-corrected chi connectivity index (χ1v) is 6.20. The summed E-state index contributed by atoms with van der Waals surface area (Å²) in [4.78, 5) is 14.3. The molecule has 2 rings (SSSR count). The summed E-state index contributed by atoms with van der Waals surface area (Å²) in [6, 6.07) is 6.57. The summed E-state index contributed by atoms with van der Waals surface area (Å²) in [5.41, 5.74) is 1.17. The lowest BCUT2D eigenvalue weighted by molar-refractivity contribution is -0.384. The van der Waals surface area contributed by atoms with Gasteiger partial charge in [0.2, 0.25) is 5.13 Å². The number of aromatic nitrogens is 2. The number of hydrogen-bond acceptors (Lipinski definition) is 6. The molecule has 0 unspecified atom stereocenters. The van der Waals surface area contributed by atoms with Crippen LogP contribution in [-0.4, -0.2) is 20.8 Å². The molecule has 6 nitrogen and oxygen atoms in total. The Kier molecular flexibility index (Phi) is 3.83. The van der Waals surface area contributed by atoms with Gasteiger partial charge in [-0.25, -0.2) is 4.98 Å². The van der Waals surface area contributed by atoms with Gasteiger partial charge < -0.3 is 5.32 Å². The van der Waals surface area contributed by atoms with Gasteiger partial charge in [-0.1, -0.05) is 12.1 Å². The van der Waals surface area contributed by atoms with E-state index >= 15 is 0 Å². The van der Waals surface area contributed by atoms with Crippen LogP contribution in [0.15, 0.2) is 24.3 Å². The second kappa shape index (κ2) is 5.54. The van der Waals surface area contributed by atoms with Gasteiger partial charge >= 0.3 is 0 Å². The van der Waals surface area contributed by atoms with Crippen LogP contribution in [0.2, 0.25) is 0 Å². The quantitative estimate of drug-likeness (QED) is 0.662. The fourth-order valence-electron chi connectivity index (χ4n) is 1.47. The first-order valence-electron chi connectivity index (χ1n) is 5.42. The minimum absolute atomic E-state index is 0.117. The minimum atomic E-state index is -0.397. The molecular formula is C11H12N4O2S. The lowest BCUT2D eigenvalue weighted by atomic mass is 10.1. The van der Waals surface area contributed by atoms with Crippen LogP contribution in [0.1, 0.15) is 11.4 Å². The topological polar surface area (TPSA) is 81.0 Å². The van der Waals surface area contributed by atoms with E-state index in [4.69, 9.17) is 0 Å². The minimum Gasteiger partial charge on any atom is -0.360 e. The Balaban J connectivity index is 1.85. The van der Waals surface area contributed by atoms with Crippen molar-refractivity contribution in [2.45, 2.75) is 13.3 Å². The van der Waals surface area contributed by atoms with E-state index in [0.29, 0.717) is 0 Å². The second-order valence-electron chi connectivity index (χ2n) is 3.75. The molecule has 0 aliphatic rings. The summed E-state index contributed by atoms with van der Waals surface area (Å²) >= 11 is 1.33. The van der Waals surface area contributed by atoms with Gasteiger partial charge in [-0.2, -0.15) is 4.37 Å². The summed E-state index contributed by atoms with van der Waals surface area (Å²) in [5.74, 6) is 0.762. The van der Waals surface area contributed by atoms with Crippen LogP contribution in [0.25, 0.3) is 0 Å². The molecular weight excluding hydrogens is 252 g/mol. The highest BCUT2D eigenvalue weighted by Gasteiger charge is 2.04. The van der Waals surface area contributed by atoms with Gasteiger partial charge in [0.1, 0.15) is 5.82 Å². The molecule has 0 aliphatic carbocycles. The highest BCUT2D eigenvalue weighted by Crippen LogP contribution is 2.13. The van der Waals surface area contributed by atoms with Gasteiger partial charge in [0.15, 0.2) is 0 Å². The Hall–Kier alpha value is -2.02. The highest BCUT2D eigenvalue weighted by atomic mass is 32.1. The molecule has 1 heterocycles. The van der Waals surface area contributed by atoms with Crippen molar-refractivity contribution in [1.29, 1.82) is 0 Å². The molecule has 94 valence electrons. The predicted octanol–water partition coefficient (Wildman–Crippen LogP) is 2.41. The molecule has 1 aromatic heterocycles. The third-order valence-corrected chi connectivity index (χ3v) is 3.13. The van der Waals surface area contributed by atoms with Gasteiger partial charge in [0.05, 0.1) is 4.92 Å². The van der Waals surface area contributed by atoms with Gasteiger partial charge in [0, 0.05) is 30.2 Å². The van der Waals surface area contributed by atoms with Crippen LogP contribution in [0, 0.1) is 17.0 Å². The molecule has 0 saturated heterocycles. The van der Waals surface area contributed by atoms with E-state index in [0.717, 1.165) is 29.5 Å². The van der Waals surface area contributed by atoms with E-state index in [1.165, 1.54) is 23.7 Å². The van der Waals surface area contributed by atoms with Crippen LogP contribution in [-0.2, 0) is 6.42 Å². The molecule has 0 radical (unpaired) electrons. The van der Waals surface area contributed by atoms with Crippen molar-refractivity contribution in [2.24, 2.45) is 0 Å². The number of nitrogens with zero attached hydrogens (tertiary/aromatic N) is 3. The molecule has 2 aromatic rings. The zero-order valence-electron chi connectivity index (χ0n) is 9.79. The zero-order chi connectivity index (χ0) is 13.0. The maximum absolute atomic E-state index is 10.5. The third kappa shape index (κ3) is 3.24. The number of non-ortho nitro benzene ring substituents is 1. The maximum Gasteiger partial charge on any atom is 0.269 e. The number of nitro benzene ring substituents is 1. The summed E-state index contributed by atoms with van der Waals surface area (Å²) in [7, 11) is 0. The van der Waals surface area contributed by atoms with Gasteiger partial charge in [-0.3, -0.25) is 10.1 Å². The molecule has 1 N–H and O–H groups in total. The summed E-state index contributed by atoms with van der Waals surface area (Å²) in [6.07, 6.45) is 0.788. The largest absolute Gasteiger partial charge is 0.360 e. The number of nitro groups is 1. The van der Waals surface area contributed by atoms with Crippen molar-refractivity contribution in [2.75, 3.05) is 11.9 Å². The number of aryl methyl sites for hydroxylation is 1. The predicted molar refractivity (Wildman–Crippen MR) is 69.9 cm³/mol. The van der Waals surface area contributed by atoms with E-state index in [9.17, 15) is 10.1 Å². The van der Waals surface area contributed by atoms with Crippen molar-refractivity contribution in [3.63, 3.8) is 0 Å². The summed E-state index contributed by atoms with van der Waals surface area (Å²) in [6.45, 7) is 2.57. The molecule has 0 atom stereocenters. The SMILES string of the molecule is Cc1nsc(NCCc2ccc([N+](=O)[O-])cc2)n1. The summed E-state index contributed by atoms with van der Waals surface area (Å²) < 4.78 is 4.07. The lowest BCUT2D eigenvalue weighted by Crippen LogP contribution is -2.04. The van der Waals surface area contributed by atoms with Gasteiger partial charge in [-0.15, -0.1) is 0 Å². The van der Waals surface area contributed by atoms with Crippen molar-refractivity contribution < 1.29 is 4.92 Å². The number of anilines is 1. The second-order valence-corrected chi connectivity index (χ2v) is 4.50. The standard InChI is InChI=1S/C11H12N4O2S/c1-8-13-11(18-14-8)12-7-6-9-2-4-10(5-3-9)15(16)17/h2-5H,6-7H2,1H3,(H,12,13,14). The first kappa shape index (κ1) is 12.4. The van der Waals surface area contributed by atoms with Gasteiger partial charge in [-0.05, 0) is 18.9 Å². The van der Waals surface area contributed by atoms with Crippen LogP contribution >= 0.6 is 11.5 Å². The molecule has 0 spiro atoms. The fraction of sp³-hybridized carbons (Fsp3) is 0.273. The van der Waals surface area contributed by atoms with Gasteiger partial charge in [0.25, 0.3) is 5.69 Å². The monoisotopic (exact) mass is 264 g/mol. The Morgan fingerprint density at radius 2 is 2.11 bits per heavy atom. The van der Waals surface area contributed by atoms with Crippen LogP contribution < -0.4 is 5.32 Å². The van der Waals surface area contributed by atoms with Crippen LogP contribution in [0.5, 0.6) is 0 Å². The maximum atomic E-state index is 10.5. The third-order valence-electron chi connectivity index (χ3n) is 2.36. The van der Waals surface area contributed by atoms with Crippen LogP contribution in [0.4, 0.5) is 10.8 Å². The molecule has 0 bridgehead atoms. The summed E-state index contributed by atoms with van der Waals surface area (Å²) in [5, 5.41) is 14.5. The molecule has 18 heavy (non-hydrogen) atoms. The van der Waals surface area contributed by atoms with E-state index in [2.05, 4.69) is 14.7 Å². The fourth-order valence-corrected chi connectivity index (χ4v) is 2.07. The Labute approximate surface area is 108 Å². The normalized spacial score (nSPS) is 10.3. The van der Waals surface area contributed by atoms with Crippen molar-refractivity contribution in [3.05, 3.63) is 45.8 Å². The number of rotatable bonds is 5. The van der Waals surface area contributed by atoms with Crippen molar-refractivity contribution in [3.8, 4) is 0 Å². The Morgan fingerprint density at radius 3 is 2.67 bits per heavy atom. The zero-order valence-corrected chi connectivity index (χ0v) is 10.6. The average molecular weight is 264 g/mol.